The van der Waals surface area contributed by atoms with Crippen molar-refractivity contribution >= 4 is 22.4 Å². The van der Waals surface area contributed by atoms with Crippen molar-refractivity contribution in [2.24, 2.45) is 11.3 Å². The number of amides is 1. The van der Waals surface area contributed by atoms with Gasteiger partial charge in [0.2, 0.25) is 5.91 Å². The van der Waals surface area contributed by atoms with Crippen molar-refractivity contribution in [3.63, 3.8) is 0 Å². The number of nitrogens with one attached hydrogen (secondary N) is 1. The van der Waals surface area contributed by atoms with E-state index in [4.69, 9.17) is 14.5 Å². The summed E-state index contributed by atoms with van der Waals surface area (Å²) in [4.78, 5) is 18.9. The zero-order valence-corrected chi connectivity index (χ0v) is 16.0. The van der Waals surface area contributed by atoms with Crippen LogP contribution in [0.25, 0.3) is 11.3 Å². The molecule has 4 rings (SSSR count). The Morgan fingerprint density at radius 3 is 2.58 bits per heavy atom. The molecule has 0 unspecified atom stereocenters. The topological polar surface area (TPSA) is 60.5 Å². The maximum Gasteiger partial charge on any atom is 0.232 e. The molecule has 1 saturated heterocycles. The molecular formula is C20H24N2O3S. The van der Waals surface area contributed by atoms with E-state index in [1.807, 2.05) is 31.2 Å². The van der Waals surface area contributed by atoms with Crippen LogP contribution in [0.3, 0.4) is 0 Å². The van der Waals surface area contributed by atoms with Crippen LogP contribution in [0.15, 0.2) is 24.3 Å². The third-order valence-corrected chi connectivity index (χ3v) is 6.46. The summed E-state index contributed by atoms with van der Waals surface area (Å²) in [5.74, 6) is 1.45. The second kappa shape index (κ2) is 7.00. The molecular weight excluding hydrogens is 348 g/mol. The lowest BCUT2D eigenvalue weighted by Crippen LogP contribution is -2.42. The standard InChI is InChI=1S/C20H24N2O3S/c1-13-17(14-3-7-16(24-2)8-4-14)21-19(26-13)22-18(23)20(15-5-6-15)9-11-25-12-10-20/h3-4,7-8,15H,5-6,9-12H2,1-2H3,(H,21,22,23). The second-order valence-electron chi connectivity index (χ2n) is 7.15. The summed E-state index contributed by atoms with van der Waals surface area (Å²) in [5, 5.41) is 3.80. The van der Waals surface area contributed by atoms with Gasteiger partial charge in [-0.3, -0.25) is 4.79 Å². The quantitative estimate of drug-likeness (QED) is 0.851. The number of carbonyl (C=O) groups is 1. The molecule has 1 aliphatic heterocycles. The van der Waals surface area contributed by atoms with Crippen LogP contribution in [-0.2, 0) is 9.53 Å². The van der Waals surface area contributed by atoms with Crippen LogP contribution in [0.1, 0.15) is 30.6 Å². The van der Waals surface area contributed by atoms with E-state index in [9.17, 15) is 4.79 Å². The van der Waals surface area contributed by atoms with Crippen molar-refractivity contribution in [2.75, 3.05) is 25.6 Å². The molecule has 2 aliphatic rings. The lowest BCUT2D eigenvalue weighted by atomic mass is 9.75. The Morgan fingerprint density at radius 2 is 1.96 bits per heavy atom. The monoisotopic (exact) mass is 372 g/mol. The molecule has 26 heavy (non-hydrogen) atoms. The van der Waals surface area contributed by atoms with Gasteiger partial charge in [-0.1, -0.05) is 0 Å². The molecule has 1 N–H and O–H groups in total. The van der Waals surface area contributed by atoms with E-state index in [-0.39, 0.29) is 11.3 Å². The number of nitrogens with zero attached hydrogens (tertiary/aromatic N) is 1. The summed E-state index contributed by atoms with van der Waals surface area (Å²) >= 11 is 1.54. The summed E-state index contributed by atoms with van der Waals surface area (Å²) in [6.45, 7) is 3.40. The number of thiazole rings is 1. The van der Waals surface area contributed by atoms with Crippen LogP contribution in [0.2, 0.25) is 0 Å². The van der Waals surface area contributed by atoms with Gasteiger partial charge in [0.25, 0.3) is 0 Å². The van der Waals surface area contributed by atoms with Crippen LogP contribution in [0, 0.1) is 18.3 Å². The van der Waals surface area contributed by atoms with Crippen LogP contribution >= 0.6 is 11.3 Å². The van der Waals surface area contributed by atoms with Gasteiger partial charge in [0.15, 0.2) is 5.13 Å². The fourth-order valence-corrected chi connectivity index (χ4v) is 4.71. The van der Waals surface area contributed by atoms with E-state index in [1.54, 1.807) is 7.11 Å². The highest BCUT2D eigenvalue weighted by Gasteiger charge is 2.51. The molecule has 1 aromatic heterocycles. The van der Waals surface area contributed by atoms with Crippen LogP contribution in [-0.4, -0.2) is 31.2 Å². The van der Waals surface area contributed by atoms with E-state index in [0.717, 1.165) is 47.6 Å². The number of methoxy groups -OCH3 is 1. The molecule has 2 heterocycles. The van der Waals surface area contributed by atoms with E-state index in [1.165, 1.54) is 11.3 Å². The minimum atomic E-state index is -0.266. The summed E-state index contributed by atoms with van der Waals surface area (Å²) in [5.41, 5.74) is 1.68. The molecule has 1 saturated carbocycles. The smallest absolute Gasteiger partial charge is 0.232 e. The lowest BCUT2D eigenvalue weighted by molar-refractivity contribution is -0.132. The van der Waals surface area contributed by atoms with Crippen molar-refractivity contribution in [1.82, 2.24) is 4.98 Å². The largest absolute Gasteiger partial charge is 0.497 e. The van der Waals surface area contributed by atoms with Crippen molar-refractivity contribution in [3.8, 4) is 17.0 Å². The number of rotatable bonds is 5. The average molecular weight is 372 g/mol. The Bertz CT molecular complexity index is 790. The van der Waals surface area contributed by atoms with Crippen molar-refractivity contribution < 1.29 is 14.3 Å². The van der Waals surface area contributed by atoms with E-state index in [0.29, 0.717) is 24.3 Å². The number of ether oxygens (including phenoxy) is 2. The van der Waals surface area contributed by atoms with Gasteiger partial charge >= 0.3 is 0 Å². The first-order chi connectivity index (χ1) is 12.6. The zero-order chi connectivity index (χ0) is 18.1. The first kappa shape index (κ1) is 17.5. The fourth-order valence-electron chi connectivity index (χ4n) is 3.88. The van der Waals surface area contributed by atoms with Gasteiger partial charge < -0.3 is 14.8 Å². The lowest BCUT2D eigenvalue weighted by Gasteiger charge is -2.35. The number of carbonyl (C=O) groups excluding carboxylic acids is 1. The third-order valence-electron chi connectivity index (χ3n) is 5.58. The van der Waals surface area contributed by atoms with Gasteiger partial charge in [-0.05, 0) is 62.8 Å². The van der Waals surface area contributed by atoms with E-state index >= 15 is 0 Å². The molecule has 2 fully saturated rings. The van der Waals surface area contributed by atoms with Crippen LogP contribution in [0.4, 0.5) is 5.13 Å². The predicted octanol–water partition coefficient (Wildman–Crippen LogP) is 4.27. The Kier molecular flexibility index (Phi) is 4.71. The summed E-state index contributed by atoms with van der Waals surface area (Å²) in [6, 6.07) is 7.85. The predicted molar refractivity (Wildman–Crippen MR) is 103 cm³/mol. The van der Waals surface area contributed by atoms with Crippen LogP contribution < -0.4 is 10.1 Å². The molecule has 138 valence electrons. The Labute approximate surface area is 157 Å². The number of aromatic nitrogens is 1. The van der Waals surface area contributed by atoms with Crippen molar-refractivity contribution in [2.45, 2.75) is 32.6 Å². The molecule has 6 heteroatoms. The molecule has 0 radical (unpaired) electrons. The molecule has 0 atom stereocenters. The highest BCUT2D eigenvalue weighted by Crippen LogP contribution is 2.52. The number of hydrogen-bond donors (Lipinski definition) is 1. The number of aryl methyl sites for hydroxylation is 1. The molecule has 1 aliphatic carbocycles. The summed E-state index contributed by atoms with van der Waals surface area (Å²) < 4.78 is 10.7. The highest BCUT2D eigenvalue weighted by molar-refractivity contribution is 7.16. The second-order valence-corrected chi connectivity index (χ2v) is 8.35. The molecule has 2 aromatic rings. The third kappa shape index (κ3) is 3.23. The SMILES string of the molecule is COc1ccc(-c2nc(NC(=O)C3(C4CC4)CCOCC3)sc2C)cc1. The number of benzene rings is 1. The zero-order valence-electron chi connectivity index (χ0n) is 15.2. The molecule has 5 nitrogen and oxygen atoms in total. The normalized spacial score (nSPS) is 19.2. The molecule has 0 bridgehead atoms. The maximum atomic E-state index is 13.1. The first-order valence-electron chi connectivity index (χ1n) is 9.13. The van der Waals surface area contributed by atoms with Gasteiger partial charge in [0, 0.05) is 23.7 Å². The average Bonchev–Trinajstić information content (AvgIpc) is 3.46. The Balaban J connectivity index is 1.54. The summed E-state index contributed by atoms with van der Waals surface area (Å²) in [6.07, 6.45) is 3.95. The van der Waals surface area contributed by atoms with Gasteiger partial charge in [-0.2, -0.15) is 0 Å². The fraction of sp³-hybridized carbons (Fsp3) is 0.500. The Morgan fingerprint density at radius 1 is 1.27 bits per heavy atom. The van der Waals surface area contributed by atoms with Crippen molar-refractivity contribution in [3.05, 3.63) is 29.1 Å². The highest BCUT2D eigenvalue weighted by atomic mass is 32.1. The number of anilines is 1. The Hall–Kier alpha value is -1.92. The number of hydrogen-bond acceptors (Lipinski definition) is 5. The van der Waals surface area contributed by atoms with Gasteiger partial charge in [-0.15, -0.1) is 11.3 Å². The van der Waals surface area contributed by atoms with Gasteiger partial charge in [0.1, 0.15) is 5.75 Å². The van der Waals surface area contributed by atoms with Crippen molar-refractivity contribution in [1.29, 1.82) is 0 Å². The molecule has 1 amide bonds. The minimum Gasteiger partial charge on any atom is -0.497 e. The van der Waals surface area contributed by atoms with Gasteiger partial charge in [0.05, 0.1) is 18.2 Å². The van der Waals surface area contributed by atoms with Crippen LogP contribution in [0.5, 0.6) is 5.75 Å². The summed E-state index contributed by atoms with van der Waals surface area (Å²) in [7, 11) is 1.66. The first-order valence-corrected chi connectivity index (χ1v) is 9.95. The van der Waals surface area contributed by atoms with Gasteiger partial charge in [-0.25, -0.2) is 4.98 Å². The van der Waals surface area contributed by atoms with E-state index < -0.39 is 0 Å². The maximum absolute atomic E-state index is 13.1. The molecule has 1 aromatic carbocycles. The molecule has 0 spiro atoms. The minimum absolute atomic E-state index is 0.123. The van der Waals surface area contributed by atoms with E-state index in [2.05, 4.69) is 5.32 Å².